The molecule has 200 valence electrons. The van der Waals surface area contributed by atoms with Crippen LogP contribution in [0.3, 0.4) is 0 Å². The third kappa shape index (κ3) is 3.10. The van der Waals surface area contributed by atoms with E-state index in [1.165, 1.54) is 0 Å². The second-order valence-corrected chi connectivity index (χ2v) is 14.5. The largest absolute Gasteiger partial charge is 0.388 e. The van der Waals surface area contributed by atoms with E-state index in [0.717, 1.165) is 12.0 Å². The van der Waals surface area contributed by atoms with E-state index in [4.69, 9.17) is 4.74 Å². The van der Waals surface area contributed by atoms with Gasteiger partial charge >= 0.3 is 0 Å². The Morgan fingerprint density at radius 3 is 2.25 bits per heavy atom. The fourth-order valence-electron chi connectivity index (χ4n) is 9.62. The molecular formula is C30H44O6. The van der Waals surface area contributed by atoms with Crippen molar-refractivity contribution in [2.45, 2.75) is 111 Å². The highest BCUT2D eigenvalue weighted by molar-refractivity contribution is 5.92. The number of hydrogen-bond donors (Lipinski definition) is 2. The van der Waals surface area contributed by atoms with Gasteiger partial charge in [-0.3, -0.25) is 14.4 Å². The van der Waals surface area contributed by atoms with Crippen LogP contribution in [-0.4, -0.2) is 51.5 Å². The highest BCUT2D eigenvalue weighted by Crippen LogP contribution is 2.74. The molecule has 6 nitrogen and oxygen atoms in total. The molecule has 0 radical (unpaired) electrons. The zero-order valence-corrected chi connectivity index (χ0v) is 23.2. The number of rotatable bonds is 1. The maximum Gasteiger partial charge on any atom is 0.162 e. The van der Waals surface area contributed by atoms with Crippen LogP contribution in [0.2, 0.25) is 0 Å². The molecule has 0 spiro atoms. The smallest absolute Gasteiger partial charge is 0.162 e. The van der Waals surface area contributed by atoms with Crippen molar-refractivity contribution in [1.82, 2.24) is 0 Å². The Balaban J connectivity index is 1.62. The van der Waals surface area contributed by atoms with Gasteiger partial charge in [-0.2, -0.15) is 0 Å². The second-order valence-electron chi connectivity index (χ2n) is 14.5. The van der Waals surface area contributed by atoms with Crippen LogP contribution in [0.4, 0.5) is 0 Å². The van der Waals surface area contributed by atoms with E-state index in [1.54, 1.807) is 13.8 Å². The predicted molar refractivity (Wildman–Crippen MR) is 135 cm³/mol. The molecule has 1 heterocycles. The normalized spacial score (nSPS) is 50.4. The van der Waals surface area contributed by atoms with Crippen molar-refractivity contribution in [3.8, 4) is 0 Å². The summed E-state index contributed by atoms with van der Waals surface area (Å²) in [5.74, 6) is -0.485. The molecular weight excluding hydrogens is 456 g/mol. The van der Waals surface area contributed by atoms with Crippen LogP contribution >= 0.6 is 0 Å². The molecule has 6 heteroatoms. The lowest BCUT2D eigenvalue weighted by Gasteiger charge is -2.64. The third-order valence-electron chi connectivity index (χ3n) is 12.1. The quantitative estimate of drug-likeness (QED) is 0.527. The van der Waals surface area contributed by atoms with Gasteiger partial charge in [0.1, 0.15) is 17.7 Å². The summed E-state index contributed by atoms with van der Waals surface area (Å²) in [5, 5.41) is 21.5. The maximum atomic E-state index is 14.3. The molecule has 2 N–H and O–H groups in total. The molecule has 36 heavy (non-hydrogen) atoms. The lowest BCUT2D eigenvalue weighted by Crippen LogP contribution is -2.64. The summed E-state index contributed by atoms with van der Waals surface area (Å²) in [7, 11) is 0. The van der Waals surface area contributed by atoms with Gasteiger partial charge in [0, 0.05) is 41.9 Å². The van der Waals surface area contributed by atoms with Gasteiger partial charge in [0.15, 0.2) is 5.78 Å². The molecule has 5 aliphatic rings. The lowest BCUT2D eigenvalue weighted by atomic mass is 9.38. The highest BCUT2D eigenvalue weighted by atomic mass is 16.5. The van der Waals surface area contributed by atoms with Gasteiger partial charge in [0.2, 0.25) is 0 Å². The molecule has 0 aromatic carbocycles. The minimum atomic E-state index is -1.14. The fourth-order valence-corrected chi connectivity index (χ4v) is 9.62. The molecule has 0 bridgehead atoms. The van der Waals surface area contributed by atoms with Crippen LogP contribution in [-0.2, 0) is 19.1 Å². The van der Waals surface area contributed by atoms with Crippen LogP contribution in [0.1, 0.15) is 87.5 Å². The molecule has 5 rings (SSSR count). The molecule has 3 saturated carbocycles. The van der Waals surface area contributed by atoms with E-state index in [-0.39, 0.29) is 65.4 Å². The number of carbonyl (C=O) groups excluding carboxylic acids is 3. The van der Waals surface area contributed by atoms with Crippen molar-refractivity contribution < 1.29 is 29.3 Å². The van der Waals surface area contributed by atoms with E-state index < -0.39 is 34.1 Å². The standard InChI is InChI=1S/C30H44O6/c1-15-18(31)12-23(27(4,5)35)36-20-13-28(6)21-10-9-16-17(11-19(32)25(34)26(16,2)3)30(21,8)22(33)14-29(28,7)24(15)20/h9,15,17,20-21,23-25,34-35H,10-14H2,1-8H3/t15-,17?,20-,21+,23+,24+,25?,28+,29-,30+/m1/s1. The van der Waals surface area contributed by atoms with Gasteiger partial charge < -0.3 is 14.9 Å². The summed E-state index contributed by atoms with van der Waals surface area (Å²) in [4.78, 5) is 40.6. The number of aliphatic hydroxyl groups excluding tert-OH is 1. The molecule has 1 saturated heterocycles. The first-order valence-corrected chi connectivity index (χ1v) is 13.8. The number of Topliss-reactive ketones (excluding diaryl/α,β-unsaturated/α-hetero) is 3. The number of hydrogen-bond acceptors (Lipinski definition) is 6. The van der Waals surface area contributed by atoms with Gasteiger partial charge in [-0.1, -0.05) is 53.2 Å². The van der Waals surface area contributed by atoms with E-state index in [0.29, 0.717) is 12.8 Å². The van der Waals surface area contributed by atoms with Gasteiger partial charge in [0.05, 0.1) is 17.8 Å². The molecule has 1 aliphatic heterocycles. The van der Waals surface area contributed by atoms with Crippen LogP contribution in [0.5, 0.6) is 0 Å². The Kier molecular flexibility index (Phi) is 5.54. The van der Waals surface area contributed by atoms with Crippen molar-refractivity contribution in [1.29, 1.82) is 0 Å². The lowest BCUT2D eigenvalue weighted by molar-refractivity contribution is -0.173. The van der Waals surface area contributed by atoms with Crippen LogP contribution < -0.4 is 0 Å². The van der Waals surface area contributed by atoms with E-state index >= 15 is 0 Å². The summed E-state index contributed by atoms with van der Waals surface area (Å²) in [6.07, 6.45) is 2.54. The second kappa shape index (κ2) is 7.60. The third-order valence-corrected chi connectivity index (χ3v) is 12.1. The Bertz CT molecular complexity index is 1050. The number of fused-ring (bicyclic) bond motifs is 7. The Hall–Kier alpha value is -1.37. The molecule has 4 aliphatic carbocycles. The molecule has 2 unspecified atom stereocenters. The SMILES string of the molecule is C[C@@H]1C(=O)C[C@@H](C(C)(C)O)O[C@@H]2C[C@@]3(C)[C@@H]4CC=C5C(CC(=O)C(O)C5(C)C)[C@]4(C)C(=O)C[C@]3(C)[C@@H]12. The van der Waals surface area contributed by atoms with Crippen LogP contribution in [0.25, 0.3) is 0 Å². The van der Waals surface area contributed by atoms with E-state index in [9.17, 15) is 24.6 Å². The van der Waals surface area contributed by atoms with Gasteiger partial charge in [-0.25, -0.2) is 0 Å². The molecule has 0 aromatic heterocycles. The van der Waals surface area contributed by atoms with Crippen molar-refractivity contribution in [2.75, 3.05) is 0 Å². The van der Waals surface area contributed by atoms with E-state index in [2.05, 4.69) is 26.8 Å². The minimum absolute atomic E-state index is 0.00209. The van der Waals surface area contributed by atoms with Gasteiger partial charge in [-0.15, -0.1) is 0 Å². The molecule has 0 aromatic rings. The summed E-state index contributed by atoms with van der Waals surface area (Å²) >= 11 is 0. The predicted octanol–water partition coefficient (Wildman–Crippen LogP) is 4.05. The minimum Gasteiger partial charge on any atom is -0.388 e. The first kappa shape index (κ1) is 26.2. The van der Waals surface area contributed by atoms with Crippen molar-refractivity contribution in [3.05, 3.63) is 11.6 Å². The zero-order chi connectivity index (χ0) is 26.8. The number of carbonyl (C=O) groups is 3. The summed E-state index contributed by atoms with van der Waals surface area (Å²) in [6, 6.07) is 0. The number of allylic oxidation sites excluding steroid dienone is 1. The van der Waals surface area contributed by atoms with Crippen LogP contribution in [0.15, 0.2) is 11.6 Å². The topological polar surface area (TPSA) is 101 Å². The zero-order valence-electron chi connectivity index (χ0n) is 23.2. The van der Waals surface area contributed by atoms with Gasteiger partial charge in [0.25, 0.3) is 0 Å². The van der Waals surface area contributed by atoms with Crippen LogP contribution in [0, 0.1) is 45.3 Å². The average molecular weight is 501 g/mol. The Morgan fingerprint density at radius 1 is 1.00 bits per heavy atom. The fraction of sp³-hybridized carbons (Fsp3) is 0.833. The van der Waals surface area contributed by atoms with E-state index in [1.807, 2.05) is 20.8 Å². The van der Waals surface area contributed by atoms with Gasteiger partial charge in [-0.05, 0) is 49.4 Å². The monoisotopic (exact) mass is 500 g/mol. The Morgan fingerprint density at radius 2 is 1.64 bits per heavy atom. The molecule has 0 amide bonds. The average Bonchev–Trinajstić information content (AvgIpc) is 2.88. The summed E-state index contributed by atoms with van der Waals surface area (Å²) < 4.78 is 6.60. The number of ketones is 3. The van der Waals surface area contributed by atoms with Crippen molar-refractivity contribution in [3.63, 3.8) is 0 Å². The summed E-state index contributed by atoms with van der Waals surface area (Å²) in [6.45, 7) is 15.7. The molecule has 10 atom stereocenters. The maximum absolute atomic E-state index is 14.3. The highest BCUT2D eigenvalue weighted by Gasteiger charge is 2.73. The summed E-state index contributed by atoms with van der Waals surface area (Å²) in [5.41, 5.74) is -2.21. The Labute approximate surface area is 215 Å². The molecule has 4 fully saturated rings. The van der Waals surface area contributed by atoms with Crippen molar-refractivity contribution >= 4 is 17.3 Å². The first-order chi connectivity index (χ1) is 16.4. The number of aliphatic hydroxyl groups is 2. The number of ether oxygens (including phenoxy) is 1. The van der Waals surface area contributed by atoms with Crippen molar-refractivity contribution in [2.24, 2.45) is 45.3 Å². The first-order valence-electron chi connectivity index (χ1n) is 13.8.